The standard InChI is InChI=1S/C43H43ClFN3O4.ClH/c1-30-7-14-37(15-8-30)50-24-19-33-9-11-34(12-10-33)28-47-20-22-48(23-21-47)42(49)18-13-35-25-31(2)43(39(44)26-35)52-41-17-16-38(27-46-41)51-29-36-5-4-6-40(45)32(36)3;/h4-18,25-27H,19-24,28-29H2,1-3H3;1H. The Labute approximate surface area is 322 Å². The van der Waals surface area contributed by atoms with Crippen molar-refractivity contribution >= 4 is 36.0 Å². The molecule has 0 unspecified atom stereocenters. The quantitative estimate of drug-likeness (QED) is 0.112. The van der Waals surface area contributed by atoms with Crippen molar-refractivity contribution in [2.24, 2.45) is 0 Å². The number of nitrogens with zero attached hydrogens (tertiary/aromatic N) is 3. The number of amides is 1. The van der Waals surface area contributed by atoms with Gasteiger partial charge in [-0.2, -0.15) is 0 Å². The summed E-state index contributed by atoms with van der Waals surface area (Å²) in [5.41, 5.74) is 6.67. The predicted octanol–water partition coefficient (Wildman–Crippen LogP) is 9.57. The monoisotopic (exact) mass is 755 g/mol. The van der Waals surface area contributed by atoms with Gasteiger partial charge in [0.05, 0.1) is 17.8 Å². The number of pyridine rings is 1. The molecular formula is C43H44Cl2FN3O4. The number of carbonyl (C=O) groups is 1. The van der Waals surface area contributed by atoms with Crippen molar-refractivity contribution in [2.45, 2.75) is 40.3 Å². The maximum atomic E-state index is 13.8. The lowest BCUT2D eigenvalue weighted by molar-refractivity contribution is -0.127. The SMILES string of the molecule is Cc1ccc(OCCc2ccc(CN3CCN(C(=O)C=Cc4cc(C)c(Oc5ccc(OCc6cccc(F)c6C)cn5)c(Cl)c4)CC3)cc2)cc1.Cl. The lowest BCUT2D eigenvalue weighted by Crippen LogP contribution is -2.47. The molecule has 7 nitrogen and oxygen atoms in total. The smallest absolute Gasteiger partial charge is 0.246 e. The number of carbonyl (C=O) groups excluding carboxylic acids is 1. The molecule has 10 heteroatoms. The Bertz CT molecular complexity index is 1970. The van der Waals surface area contributed by atoms with Crippen LogP contribution in [0.3, 0.4) is 0 Å². The number of hydrogen-bond donors (Lipinski definition) is 0. The van der Waals surface area contributed by atoms with Gasteiger partial charge in [0.2, 0.25) is 11.8 Å². The number of rotatable bonds is 13. The van der Waals surface area contributed by atoms with Gasteiger partial charge in [0.1, 0.15) is 23.9 Å². The normalized spacial score (nSPS) is 13.1. The summed E-state index contributed by atoms with van der Waals surface area (Å²) in [7, 11) is 0. The fourth-order valence-electron chi connectivity index (χ4n) is 5.96. The average Bonchev–Trinajstić information content (AvgIpc) is 3.15. The van der Waals surface area contributed by atoms with E-state index >= 15 is 0 Å². The Morgan fingerprint density at radius 2 is 1.58 bits per heavy atom. The Hall–Kier alpha value is -4.89. The first-order valence-electron chi connectivity index (χ1n) is 17.5. The van der Waals surface area contributed by atoms with Gasteiger partial charge in [-0.15, -0.1) is 12.4 Å². The maximum Gasteiger partial charge on any atom is 0.246 e. The van der Waals surface area contributed by atoms with Crippen molar-refractivity contribution < 1.29 is 23.4 Å². The highest BCUT2D eigenvalue weighted by Gasteiger charge is 2.20. The zero-order valence-electron chi connectivity index (χ0n) is 30.2. The third kappa shape index (κ3) is 11.1. The number of aryl methyl sites for hydroxylation is 2. The predicted molar refractivity (Wildman–Crippen MR) is 211 cm³/mol. The number of piperazine rings is 1. The number of halogens is 3. The largest absolute Gasteiger partial charge is 0.493 e. The third-order valence-electron chi connectivity index (χ3n) is 9.15. The fraction of sp³-hybridized carbons (Fsp3) is 0.256. The zero-order chi connectivity index (χ0) is 36.5. The van der Waals surface area contributed by atoms with Crippen LogP contribution in [0.25, 0.3) is 6.08 Å². The number of hydrogen-bond acceptors (Lipinski definition) is 6. The summed E-state index contributed by atoms with van der Waals surface area (Å²) in [5.74, 6) is 1.99. The van der Waals surface area contributed by atoms with Crippen LogP contribution in [0.1, 0.15) is 38.9 Å². The van der Waals surface area contributed by atoms with Crippen LogP contribution < -0.4 is 14.2 Å². The molecule has 0 atom stereocenters. The van der Waals surface area contributed by atoms with E-state index in [2.05, 4.69) is 53.2 Å². The third-order valence-corrected chi connectivity index (χ3v) is 9.43. The molecule has 53 heavy (non-hydrogen) atoms. The van der Waals surface area contributed by atoms with Crippen molar-refractivity contribution in [3.05, 3.63) is 153 Å². The molecule has 1 saturated heterocycles. The van der Waals surface area contributed by atoms with Gasteiger partial charge < -0.3 is 19.1 Å². The van der Waals surface area contributed by atoms with Crippen molar-refractivity contribution in [3.63, 3.8) is 0 Å². The molecule has 0 bridgehead atoms. The van der Waals surface area contributed by atoms with E-state index in [1.54, 1.807) is 49.5 Å². The van der Waals surface area contributed by atoms with Gasteiger partial charge >= 0.3 is 0 Å². The van der Waals surface area contributed by atoms with Gasteiger partial charge in [0.15, 0.2) is 5.75 Å². The molecule has 4 aromatic carbocycles. The summed E-state index contributed by atoms with van der Waals surface area (Å²) in [6.45, 7) is 10.4. The lowest BCUT2D eigenvalue weighted by atomic mass is 10.1. The minimum Gasteiger partial charge on any atom is -0.493 e. The summed E-state index contributed by atoms with van der Waals surface area (Å²) < 4.78 is 31.5. The van der Waals surface area contributed by atoms with E-state index in [9.17, 15) is 9.18 Å². The van der Waals surface area contributed by atoms with Crippen LogP contribution in [0.4, 0.5) is 4.39 Å². The number of benzene rings is 4. The molecule has 1 amide bonds. The molecule has 5 aromatic rings. The van der Waals surface area contributed by atoms with Crippen molar-refractivity contribution in [2.75, 3.05) is 32.8 Å². The molecule has 1 aromatic heterocycles. The molecule has 1 aliphatic heterocycles. The molecule has 276 valence electrons. The van der Waals surface area contributed by atoms with Crippen molar-refractivity contribution in [1.82, 2.24) is 14.8 Å². The Morgan fingerprint density at radius 3 is 2.28 bits per heavy atom. The first kappa shape index (κ1) is 39.3. The fourth-order valence-corrected chi connectivity index (χ4v) is 6.27. The average molecular weight is 757 g/mol. The van der Waals surface area contributed by atoms with Crippen LogP contribution in [0.2, 0.25) is 5.02 Å². The lowest BCUT2D eigenvalue weighted by Gasteiger charge is -2.34. The number of aromatic nitrogens is 1. The summed E-state index contributed by atoms with van der Waals surface area (Å²) in [6.07, 6.45) is 5.80. The highest BCUT2D eigenvalue weighted by atomic mass is 35.5. The topological polar surface area (TPSA) is 64.1 Å². The van der Waals surface area contributed by atoms with E-state index in [4.69, 9.17) is 25.8 Å². The second-order valence-electron chi connectivity index (χ2n) is 13.1. The van der Waals surface area contributed by atoms with Crippen LogP contribution in [0.15, 0.2) is 103 Å². The number of ether oxygens (including phenoxy) is 3. The van der Waals surface area contributed by atoms with Gasteiger partial charge in [-0.25, -0.2) is 9.37 Å². The second kappa shape index (κ2) is 18.7. The van der Waals surface area contributed by atoms with E-state index < -0.39 is 0 Å². The van der Waals surface area contributed by atoms with Gasteiger partial charge in [-0.1, -0.05) is 65.7 Å². The minimum absolute atomic E-state index is 0. The van der Waals surface area contributed by atoms with Crippen molar-refractivity contribution in [1.29, 1.82) is 0 Å². The van der Waals surface area contributed by atoms with Crippen LogP contribution in [-0.4, -0.2) is 53.5 Å². The first-order chi connectivity index (χ1) is 25.2. The van der Waals surface area contributed by atoms with Crippen LogP contribution >= 0.6 is 24.0 Å². The summed E-state index contributed by atoms with van der Waals surface area (Å²) in [5, 5.41) is 0.410. The van der Waals surface area contributed by atoms with Crippen LogP contribution in [0, 0.1) is 26.6 Å². The molecule has 0 saturated carbocycles. The summed E-state index contributed by atoms with van der Waals surface area (Å²) >= 11 is 6.62. The minimum atomic E-state index is -0.261. The summed E-state index contributed by atoms with van der Waals surface area (Å²) in [4.78, 5) is 21.7. The zero-order valence-corrected chi connectivity index (χ0v) is 31.8. The Balaban J connectivity index is 0.00000541. The molecule has 0 radical (unpaired) electrons. The summed E-state index contributed by atoms with van der Waals surface area (Å²) in [6, 6.07) is 28.9. The molecule has 2 heterocycles. The molecule has 1 aliphatic rings. The molecule has 6 rings (SSSR count). The van der Waals surface area contributed by atoms with Crippen LogP contribution in [-0.2, 0) is 24.4 Å². The molecule has 1 fully saturated rings. The first-order valence-corrected chi connectivity index (χ1v) is 17.9. The second-order valence-corrected chi connectivity index (χ2v) is 13.5. The van der Waals surface area contributed by atoms with Gasteiger partial charge in [-0.05, 0) is 96.6 Å². The van der Waals surface area contributed by atoms with E-state index in [-0.39, 0.29) is 30.7 Å². The molecular weight excluding hydrogens is 712 g/mol. The highest BCUT2D eigenvalue weighted by molar-refractivity contribution is 6.32. The Kier molecular flexibility index (Phi) is 13.9. The Morgan fingerprint density at radius 1 is 0.868 bits per heavy atom. The van der Waals surface area contributed by atoms with Gasteiger partial charge in [0, 0.05) is 51.3 Å². The molecule has 0 spiro atoms. The van der Waals surface area contributed by atoms with Gasteiger partial charge in [-0.3, -0.25) is 9.69 Å². The molecule has 0 N–H and O–H groups in total. The van der Waals surface area contributed by atoms with Crippen molar-refractivity contribution in [3.8, 4) is 23.1 Å². The van der Waals surface area contributed by atoms with Crippen LogP contribution in [0.5, 0.6) is 23.1 Å². The van der Waals surface area contributed by atoms with Gasteiger partial charge in [0.25, 0.3) is 0 Å². The van der Waals surface area contributed by atoms with E-state index in [0.29, 0.717) is 47.7 Å². The van der Waals surface area contributed by atoms with E-state index in [0.717, 1.165) is 48.5 Å². The molecule has 0 aliphatic carbocycles. The van der Waals surface area contributed by atoms with E-state index in [1.807, 2.05) is 36.1 Å². The van der Waals surface area contributed by atoms with E-state index in [1.165, 1.54) is 22.8 Å². The highest BCUT2D eigenvalue weighted by Crippen LogP contribution is 2.34. The maximum absolute atomic E-state index is 13.8.